The van der Waals surface area contributed by atoms with Crippen molar-refractivity contribution in [2.45, 2.75) is 19.8 Å². The molecule has 0 unspecified atom stereocenters. The second kappa shape index (κ2) is 5.22. The summed E-state index contributed by atoms with van der Waals surface area (Å²) in [6.07, 6.45) is 0. The molecular weight excluding hydrogens is 244 g/mol. The van der Waals surface area contributed by atoms with Gasteiger partial charge in [-0.15, -0.1) is 0 Å². The molecule has 2 N–H and O–H groups in total. The average molecular weight is 262 g/mol. The lowest BCUT2D eigenvalue weighted by molar-refractivity contribution is 0.355. The van der Waals surface area contributed by atoms with Gasteiger partial charge in [-0.3, -0.25) is 0 Å². The lowest BCUT2D eigenvalue weighted by Gasteiger charge is -2.10. The monoisotopic (exact) mass is 262 g/mol. The van der Waals surface area contributed by atoms with Gasteiger partial charge in [-0.2, -0.15) is 0 Å². The molecule has 2 rings (SSSR count). The summed E-state index contributed by atoms with van der Waals surface area (Å²) in [5, 5.41) is 3.84. The van der Waals surface area contributed by atoms with Crippen LogP contribution >= 0.6 is 0 Å². The van der Waals surface area contributed by atoms with E-state index in [9.17, 15) is 0 Å². The summed E-state index contributed by atoms with van der Waals surface area (Å²) in [6.45, 7) is 4.10. The van der Waals surface area contributed by atoms with Crippen molar-refractivity contribution in [3.63, 3.8) is 0 Å². The molecule has 0 aliphatic rings. The third-order valence-electron chi connectivity index (χ3n) is 2.98. The number of hydrogen-bond donors (Lipinski definition) is 1. The van der Waals surface area contributed by atoms with Gasteiger partial charge < -0.3 is 19.7 Å². The van der Waals surface area contributed by atoms with Gasteiger partial charge in [0.1, 0.15) is 0 Å². The van der Waals surface area contributed by atoms with Crippen molar-refractivity contribution < 1.29 is 14.0 Å². The van der Waals surface area contributed by atoms with Crippen LogP contribution in [-0.4, -0.2) is 19.4 Å². The van der Waals surface area contributed by atoms with Gasteiger partial charge in [-0.1, -0.05) is 19.0 Å². The molecule has 1 aromatic carbocycles. The van der Waals surface area contributed by atoms with E-state index in [0.717, 1.165) is 11.1 Å². The van der Waals surface area contributed by atoms with Gasteiger partial charge in [0, 0.05) is 11.1 Å². The number of benzene rings is 1. The average Bonchev–Trinajstić information content (AvgIpc) is 2.79. The van der Waals surface area contributed by atoms with Crippen molar-refractivity contribution in [3.05, 3.63) is 23.8 Å². The number of nitrogen functional groups attached to an aromatic ring is 1. The van der Waals surface area contributed by atoms with Gasteiger partial charge in [0.2, 0.25) is 0 Å². The predicted molar refractivity (Wildman–Crippen MR) is 73.5 cm³/mol. The normalized spacial score (nSPS) is 10.8. The molecule has 19 heavy (non-hydrogen) atoms. The van der Waals surface area contributed by atoms with Crippen LogP contribution < -0.4 is 15.2 Å². The van der Waals surface area contributed by atoms with Crippen molar-refractivity contribution >= 4 is 5.82 Å². The van der Waals surface area contributed by atoms with E-state index in [2.05, 4.69) is 5.16 Å². The van der Waals surface area contributed by atoms with Crippen molar-refractivity contribution in [3.8, 4) is 22.8 Å². The molecule has 0 amide bonds. The first-order valence-electron chi connectivity index (χ1n) is 6.06. The van der Waals surface area contributed by atoms with E-state index in [1.807, 2.05) is 32.0 Å². The first-order chi connectivity index (χ1) is 9.08. The first-order valence-corrected chi connectivity index (χ1v) is 6.06. The Morgan fingerprint density at radius 2 is 1.84 bits per heavy atom. The van der Waals surface area contributed by atoms with Gasteiger partial charge in [0.05, 0.1) is 14.2 Å². The van der Waals surface area contributed by atoms with Gasteiger partial charge >= 0.3 is 0 Å². The highest BCUT2D eigenvalue weighted by Gasteiger charge is 2.19. The van der Waals surface area contributed by atoms with Crippen LogP contribution in [0.4, 0.5) is 5.82 Å². The quantitative estimate of drug-likeness (QED) is 0.916. The Bertz CT molecular complexity index is 576. The third-order valence-corrected chi connectivity index (χ3v) is 2.98. The lowest BCUT2D eigenvalue weighted by Crippen LogP contribution is -1.96. The lowest BCUT2D eigenvalue weighted by atomic mass is 9.99. The number of methoxy groups -OCH3 is 2. The molecule has 0 atom stereocenters. The Kier molecular flexibility index (Phi) is 3.64. The molecular formula is C14H18N2O3. The van der Waals surface area contributed by atoms with Gasteiger partial charge in [0.15, 0.2) is 23.1 Å². The summed E-state index contributed by atoms with van der Waals surface area (Å²) >= 11 is 0. The molecule has 0 spiro atoms. The second-order valence-corrected chi connectivity index (χ2v) is 4.54. The van der Waals surface area contributed by atoms with E-state index >= 15 is 0 Å². The number of hydrogen-bond acceptors (Lipinski definition) is 5. The van der Waals surface area contributed by atoms with E-state index < -0.39 is 0 Å². The van der Waals surface area contributed by atoms with E-state index in [-0.39, 0.29) is 5.92 Å². The number of nitrogens with two attached hydrogens (primary N) is 1. The highest BCUT2D eigenvalue weighted by molar-refractivity contribution is 5.69. The zero-order valence-corrected chi connectivity index (χ0v) is 11.6. The first kappa shape index (κ1) is 13.3. The number of nitrogens with zero attached hydrogens (tertiary/aromatic N) is 1. The molecule has 0 aliphatic carbocycles. The number of rotatable bonds is 4. The maximum Gasteiger partial charge on any atom is 0.172 e. The molecule has 5 heteroatoms. The predicted octanol–water partition coefficient (Wildman–Crippen LogP) is 3.06. The molecule has 102 valence electrons. The second-order valence-electron chi connectivity index (χ2n) is 4.54. The van der Waals surface area contributed by atoms with Crippen LogP contribution in [0.15, 0.2) is 22.7 Å². The fourth-order valence-electron chi connectivity index (χ4n) is 2.05. The minimum absolute atomic E-state index is 0.231. The summed E-state index contributed by atoms with van der Waals surface area (Å²) in [5.41, 5.74) is 7.62. The Morgan fingerprint density at radius 1 is 1.16 bits per heavy atom. The molecule has 1 aromatic heterocycles. The summed E-state index contributed by atoms with van der Waals surface area (Å²) in [6, 6.07) is 5.58. The van der Waals surface area contributed by atoms with Crippen molar-refractivity contribution in [2.75, 3.05) is 20.0 Å². The van der Waals surface area contributed by atoms with E-state index in [1.54, 1.807) is 14.2 Å². The smallest absolute Gasteiger partial charge is 0.172 e. The van der Waals surface area contributed by atoms with Gasteiger partial charge in [0.25, 0.3) is 0 Å². The maximum absolute atomic E-state index is 5.85. The van der Waals surface area contributed by atoms with E-state index in [1.165, 1.54) is 0 Å². The van der Waals surface area contributed by atoms with Gasteiger partial charge in [-0.05, 0) is 24.1 Å². The molecule has 1 heterocycles. The number of ether oxygens (including phenoxy) is 2. The molecule has 0 bridgehead atoms. The van der Waals surface area contributed by atoms with Crippen LogP contribution in [0.2, 0.25) is 0 Å². The zero-order chi connectivity index (χ0) is 14.0. The largest absolute Gasteiger partial charge is 0.493 e. The highest BCUT2D eigenvalue weighted by atomic mass is 16.5. The van der Waals surface area contributed by atoms with Crippen molar-refractivity contribution in [2.24, 2.45) is 0 Å². The SMILES string of the molecule is COc1ccc(-c2onc(N)c2C(C)C)cc1OC. The Labute approximate surface area is 112 Å². The minimum atomic E-state index is 0.231. The van der Waals surface area contributed by atoms with Crippen LogP contribution in [0.5, 0.6) is 11.5 Å². The summed E-state index contributed by atoms with van der Waals surface area (Å²) in [7, 11) is 3.20. The Morgan fingerprint density at radius 3 is 2.42 bits per heavy atom. The molecule has 0 saturated heterocycles. The summed E-state index contributed by atoms with van der Waals surface area (Å²) < 4.78 is 15.8. The molecule has 2 aromatic rings. The Hall–Kier alpha value is -2.17. The fourth-order valence-corrected chi connectivity index (χ4v) is 2.05. The van der Waals surface area contributed by atoms with E-state index in [0.29, 0.717) is 23.1 Å². The maximum atomic E-state index is 5.85. The molecule has 5 nitrogen and oxygen atoms in total. The summed E-state index contributed by atoms with van der Waals surface area (Å²) in [5.74, 6) is 2.65. The van der Waals surface area contributed by atoms with Crippen LogP contribution in [-0.2, 0) is 0 Å². The standard InChI is InChI=1S/C14H18N2O3/c1-8(2)12-13(19-16-14(12)15)9-5-6-10(17-3)11(7-9)18-4/h5-8H,1-4H3,(H2,15,16). The zero-order valence-electron chi connectivity index (χ0n) is 11.6. The molecule has 0 fully saturated rings. The highest BCUT2D eigenvalue weighted by Crippen LogP contribution is 2.37. The fraction of sp³-hybridized carbons (Fsp3) is 0.357. The van der Waals surface area contributed by atoms with Crippen molar-refractivity contribution in [1.82, 2.24) is 5.16 Å². The molecule has 0 saturated carbocycles. The molecule has 0 aliphatic heterocycles. The summed E-state index contributed by atoms with van der Waals surface area (Å²) in [4.78, 5) is 0. The molecule has 0 radical (unpaired) electrons. The van der Waals surface area contributed by atoms with Crippen LogP contribution in [0.1, 0.15) is 25.3 Å². The van der Waals surface area contributed by atoms with Crippen molar-refractivity contribution in [1.29, 1.82) is 0 Å². The number of anilines is 1. The van der Waals surface area contributed by atoms with E-state index in [4.69, 9.17) is 19.7 Å². The Balaban J connectivity index is 2.53. The third kappa shape index (κ3) is 2.36. The van der Waals surface area contributed by atoms with Crippen LogP contribution in [0, 0.1) is 0 Å². The minimum Gasteiger partial charge on any atom is -0.493 e. The van der Waals surface area contributed by atoms with Crippen LogP contribution in [0.3, 0.4) is 0 Å². The number of aromatic nitrogens is 1. The van der Waals surface area contributed by atoms with Gasteiger partial charge in [-0.25, -0.2) is 0 Å². The topological polar surface area (TPSA) is 70.5 Å². The van der Waals surface area contributed by atoms with Crippen LogP contribution in [0.25, 0.3) is 11.3 Å².